The summed E-state index contributed by atoms with van der Waals surface area (Å²) in [5.74, 6) is 0. The number of aliphatic hydroxyl groups is 1. The lowest BCUT2D eigenvalue weighted by Crippen LogP contribution is -2.39. The summed E-state index contributed by atoms with van der Waals surface area (Å²) in [6, 6.07) is 17.1. The fourth-order valence-corrected chi connectivity index (χ4v) is 2.26. The SMILES string of the molecule is Cc1ccccc1NC(=O)N(C)CC(O)COCc1ccccc1. The number of para-hydroxylation sites is 1. The Hall–Kier alpha value is -2.37. The van der Waals surface area contributed by atoms with E-state index in [1.165, 1.54) is 4.90 Å². The summed E-state index contributed by atoms with van der Waals surface area (Å²) >= 11 is 0. The molecule has 0 bridgehead atoms. The van der Waals surface area contributed by atoms with Crippen LogP contribution in [-0.2, 0) is 11.3 Å². The van der Waals surface area contributed by atoms with Gasteiger partial charge in [0.15, 0.2) is 0 Å². The largest absolute Gasteiger partial charge is 0.389 e. The van der Waals surface area contributed by atoms with Crippen LogP contribution in [0.5, 0.6) is 0 Å². The minimum atomic E-state index is -0.735. The van der Waals surface area contributed by atoms with Gasteiger partial charge < -0.3 is 20.1 Å². The Morgan fingerprint density at radius 2 is 1.83 bits per heavy atom. The van der Waals surface area contributed by atoms with Crippen molar-refractivity contribution >= 4 is 11.7 Å². The molecule has 0 heterocycles. The second kappa shape index (κ2) is 9.05. The number of nitrogens with zero attached hydrogens (tertiary/aromatic N) is 1. The van der Waals surface area contributed by atoms with Gasteiger partial charge in [0, 0.05) is 12.7 Å². The van der Waals surface area contributed by atoms with Gasteiger partial charge in [-0.15, -0.1) is 0 Å². The number of urea groups is 1. The van der Waals surface area contributed by atoms with Crippen molar-refractivity contribution in [3.8, 4) is 0 Å². The highest BCUT2D eigenvalue weighted by molar-refractivity contribution is 5.89. The number of carbonyl (C=O) groups is 1. The molecule has 2 amide bonds. The molecule has 5 nitrogen and oxygen atoms in total. The lowest BCUT2D eigenvalue weighted by atomic mass is 10.2. The summed E-state index contributed by atoms with van der Waals surface area (Å²) in [6.07, 6.45) is -0.735. The third kappa shape index (κ3) is 5.68. The number of benzene rings is 2. The van der Waals surface area contributed by atoms with Gasteiger partial charge in [-0.3, -0.25) is 0 Å². The molecule has 0 spiro atoms. The number of aryl methyl sites for hydroxylation is 1. The number of likely N-dealkylation sites (N-methyl/N-ethyl adjacent to an activating group) is 1. The smallest absolute Gasteiger partial charge is 0.321 e. The zero-order valence-corrected chi connectivity index (χ0v) is 14.1. The molecule has 2 N–H and O–H groups in total. The number of nitrogens with one attached hydrogen (secondary N) is 1. The average molecular weight is 328 g/mol. The fourth-order valence-electron chi connectivity index (χ4n) is 2.26. The first-order chi connectivity index (χ1) is 11.6. The molecule has 24 heavy (non-hydrogen) atoms. The minimum Gasteiger partial charge on any atom is -0.389 e. The maximum atomic E-state index is 12.2. The number of aliphatic hydroxyl groups excluding tert-OH is 1. The Kier molecular flexibility index (Phi) is 6.78. The van der Waals surface area contributed by atoms with E-state index in [2.05, 4.69) is 5.32 Å². The molecule has 128 valence electrons. The van der Waals surface area contributed by atoms with E-state index in [0.29, 0.717) is 6.61 Å². The van der Waals surface area contributed by atoms with Crippen LogP contribution < -0.4 is 5.32 Å². The normalized spacial score (nSPS) is 11.8. The second-order valence-corrected chi connectivity index (χ2v) is 5.78. The van der Waals surface area contributed by atoms with Crippen molar-refractivity contribution in [1.29, 1.82) is 0 Å². The number of carbonyl (C=O) groups excluding carboxylic acids is 1. The van der Waals surface area contributed by atoms with Crippen molar-refractivity contribution in [3.05, 3.63) is 65.7 Å². The van der Waals surface area contributed by atoms with E-state index in [9.17, 15) is 9.90 Å². The third-order valence-corrected chi connectivity index (χ3v) is 3.64. The van der Waals surface area contributed by atoms with Crippen LogP contribution in [0.4, 0.5) is 10.5 Å². The van der Waals surface area contributed by atoms with E-state index in [1.54, 1.807) is 7.05 Å². The topological polar surface area (TPSA) is 61.8 Å². The number of amides is 2. The molecule has 1 unspecified atom stereocenters. The average Bonchev–Trinajstić information content (AvgIpc) is 2.57. The highest BCUT2D eigenvalue weighted by Gasteiger charge is 2.14. The summed E-state index contributed by atoms with van der Waals surface area (Å²) in [5, 5.41) is 12.9. The van der Waals surface area contributed by atoms with Crippen LogP contribution in [0.25, 0.3) is 0 Å². The zero-order valence-electron chi connectivity index (χ0n) is 14.1. The predicted molar refractivity (Wildman–Crippen MR) is 94.9 cm³/mol. The fraction of sp³-hybridized carbons (Fsp3) is 0.316. The minimum absolute atomic E-state index is 0.177. The molecule has 2 rings (SSSR count). The number of hydrogen-bond donors (Lipinski definition) is 2. The number of anilines is 1. The maximum Gasteiger partial charge on any atom is 0.321 e. The van der Waals surface area contributed by atoms with Crippen LogP contribution in [0.2, 0.25) is 0 Å². The quantitative estimate of drug-likeness (QED) is 0.821. The van der Waals surface area contributed by atoms with E-state index < -0.39 is 6.10 Å². The van der Waals surface area contributed by atoms with Gasteiger partial charge >= 0.3 is 6.03 Å². The lowest BCUT2D eigenvalue weighted by molar-refractivity contribution is 0.0188. The van der Waals surface area contributed by atoms with Gasteiger partial charge in [-0.2, -0.15) is 0 Å². The highest BCUT2D eigenvalue weighted by atomic mass is 16.5. The Balaban J connectivity index is 1.73. The second-order valence-electron chi connectivity index (χ2n) is 5.78. The molecule has 1 atom stereocenters. The summed E-state index contributed by atoms with van der Waals surface area (Å²) in [6.45, 7) is 2.75. The maximum absolute atomic E-state index is 12.2. The predicted octanol–water partition coefficient (Wildman–Crippen LogP) is 3.04. The molecule has 5 heteroatoms. The first kappa shape index (κ1) is 18.0. The molecule has 0 fully saturated rings. The summed E-state index contributed by atoms with van der Waals surface area (Å²) < 4.78 is 5.49. The Morgan fingerprint density at radius 3 is 2.54 bits per heavy atom. The number of hydrogen-bond acceptors (Lipinski definition) is 3. The van der Waals surface area contributed by atoms with E-state index in [4.69, 9.17) is 4.74 Å². The molecule has 0 radical (unpaired) electrons. The standard InChI is InChI=1S/C19H24N2O3/c1-15-8-6-7-11-18(15)20-19(23)21(2)12-17(22)14-24-13-16-9-4-3-5-10-16/h3-11,17,22H,12-14H2,1-2H3,(H,20,23). The van der Waals surface area contributed by atoms with Crippen LogP contribution in [0, 0.1) is 6.92 Å². The van der Waals surface area contributed by atoms with Gasteiger partial charge in [0.1, 0.15) is 0 Å². The first-order valence-electron chi connectivity index (χ1n) is 7.93. The van der Waals surface area contributed by atoms with Gasteiger partial charge in [0.25, 0.3) is 0 Å². The van der Waals surface area contributed by atoms with E-state index in [-0.39, 0.29) is 19.2 Å². The molecule has 0 aliphatic carbocycles. The van der Waals surface area contributed by atoms with Crippen LogP contribution in [-0.4, -0.2) is 42.3 Å². The molecule has 0 aliphatic heterocycles. The molecule has 0 saturated carbocycles. The third-order valence-electron chi connectivity index (χ3n) is 3.64. The van der Waals surface area contributed by atoms with E-state index in [1.807, 2.05) is 61.5 Å². The van der Waals surface area contributed by atoms with E-state index in [0.717, 1.165) is 16.8 Å². The van der Waals surface area contributed by atoms with Crippen molar-refractivity contribution in [1.82, 2.24) is 4.90 Å². The monoisotopic (exact) mass is 328 g/mol. The summed E-state index contributed by atoms with van der Waals surface area (Å²) in [5.41, 5.74) is 2.81. The van der Waals surface area contributed by atoms with Gasteiger partial charge in [0.05, 0.1) is 25.9 Å². The first-order valence-corrected chi connectivity index (χ1v) is 7.93. The van der Waals surface area contributed by atoms with Crippen molar-refractivity contribution in [2.24, 2.45) is 0 Å². The molecule has 2 aromatic rings. The van der Waals surface area contributed by atoms with Gasteiger partial charge in [0.2, 0.25) is 0 Å². The lowest BCUT2D eigenvalue weighted by Gasteiger charge is -2.22. The van der Waals surface area contributed by atoms with Crippen molar-refractivity contribution in [2.75, 3.05) is 25.5 Å². The van der Waals surface area contributed by atoms with Crippen LogP contribution >= 0.6 is 0 Å². The molecule has 0 aromatic heterocycles. The van der Waals surface area contributed by atoms with Crippen molar-refractivity contribution < 1.29 is 14.6 Å². The van der Waals surface area contributed by atoms with Crippen molar-refractivity contribution in [2.45, 2.75) is 19.6 Å². The molecular formula is C19H24N2O3. The number of rotatable bonds is 7. The van der Waals surface area contributed by atoms with Crippen molar-refractivity contribution in [3.63, 3.8) is 0 Å². The number of ether oxygens (including phenoxy) is 1. The summed E-state index contributed by atoms with van der Waals surface area (Å²) in [7, 11) is 1.65. The Morgan fingerprint density at radius 1 is 1.17 bits per heavy atom. The van der Waals surface area contributed by atoms with E-state index >= 15 is 0 Å². The van der Waals surface area contributed by atoms with Gasteiger partial charge in [-0.05, 0) is 24.1 Å². The molecular weight excluding hydrogens is 304 g/mol. The van der Waals surface area contributed by atoms with Crippen LogP contribution in [0.15, 0.2) is 54.6 Å². The Labute approximate surface area is 142 Å². The molecule has 0 aliphatic rings. The molecule has 0 saturated heterocycles. The van der Waals surface area contributed by atoms with Crippen LogP contribution in [0.1, 0.15) is 11.1 Å². The van der Waals surface area contributed by atoms with Gasteiger partial charge in [-0.1, -0.05) is 48.5 Å². The summed E-state index contributed by atoms with van der Waals surface area (Å²) in [4.78, 5) is 13.6. The highest BCUT2D eigenvalue weighted by Crippen LogP contribution is 2.13. The molecule has 2 aromatic carbocycles. The zero-order chi connectivity index (χ0) is 17.4. The van der Waals surface area contributed by atoms with Crippen LogP contribution in [0.3, 0.4) is 0 Å². The van der Waals surface area contributed by atoms with Gasteiger partial charge in [-0.25, -0.2) is 4.79 Å². The Bertz CT molecular complexity index is 646.